The monoisotopic (exact) mass is 493 g/mol. The van der Waals surface area contributed by atoms with E-state index >= 15 is 0 Å². The van der Waals surface area contributed by atoms with Crippen molar-refractivity contribution >= 4 is 11.8 Å². The summed E-state index contributed by atoms with van der Waals surface area (Å²) >= 11 is 0. The van der Waals surface area contributed by atoms with E-state index in [-0.39, 0.29) is 29.8 Å². The van der Waals surface area contributed by atoms with Gasteiger partial charge < -0.3 is 19.4 Å². The fourth-order valence-corrected chi connectivity index (χ4v) is 3.57. The van der Waals surface area contributed by atoms with Crippen molar-refractivity contribution in [3.63, 3.8) is 0 Å². The average Bonchev–Trinajstić information content (AvgIpc) is 3.32. The third-order valence-corrected chi connectivity index (χ3v) is 5.48. The first-order valence-electron chi connectivity index (χ1n) is 12.0. The Morgan fingerprint density at radius 2 is 1.86 bits per heavy atom. The number of carbonyl (C=O) groups excluding carboxylic acids is 2. The van der Waals surface area contributed by atoms with Gasteiger partial charge in [-0.3, -0.25) is 19.6 Å². The minimum atomic E-state index is -0.701. The lowest BCUT2D eigenvalue weighted by atomic mass is 9.94. The van der Waals surface area contributed by atoms with Crippen LogP contribution < -0.4 is 10.1 Å². The normalized spacial score (nSPS) is 12.3. The number of oxazole rings is 1. The van der Waals surface area contributed by atoms with Crippen LogP contribution in [0, 0.1) is 5.92 Å². The Morgan fingerprint density at radius 1 is 1.11 bits per heavy atom. The smallest absolute Gasteiger partial charge is 0.255 e. The second-order valence-corrected chi connectivity index (χ2v) is 10.2. The van der Waals surface area contributed by atoms with E-state index in [0.29, 0.717) is 35.9 Å². The lowest BCUT2D eigenvalue weighted by molar-refractivity contribution is -0.132. The van der Waals surface area contributed by atoms with E-state index in [1.54, 1.807) is 61.0 Å². The minimum absolute atomic E-state index is 0.0789. The van der Waals surface area contributed by atoms with E-state index in [2.05, 4.69) is 20.3 Å². The number of benzene rings is 1. The highest BCUT2D eigenvalue weighted by Crippen LogP contribution is 2.24. The fraction of sp³-hybridized carbons (Fsp3) is 0.444. The predicted molar refractivity (Wildman–Crippen MR) is 135 cm³/mol. The molecule has 0 bridgehead atoms. The Kier molecular flexibility index (Phi) is 8.79. The van der Waals surface area contributed by atoms with Gasteiger partial charge >= 0.3 is 0 Å². The summed E-state index contributed by atoms with van der Waals surface area (Å²) in [5.41, 5.74) is 0.836. The third-order valence-electron chi connectivity index (χ3n) is 5.48. The maximum absolute atomic E-state index is 13.3. The molecule has 0 aliphatic carbocycles. The Bertz CT molecular complexity index is 1150. The van der Waals surface area contributed by atoms with Crippen molar-refractivity contribution in [2.45, 2.75) is 65.6 Å². The number of carbonyl (C=O) groups is 2. The van der Waals surface area contributed by atoms with E-state index in [1.807, 2.05) is 34.6 Å². The molecular weight excluding hydrogens is 458 g/mol. The highest BCUT2D eigenvalue weighted by atomic mass is 16.5. The maximum Gasteiger partial charge on any atom is 0.255 e. The Labute approximate surface area is 212 Å². The fourth-order valence-electron chi connectivity index (χ4n) is 3.57. The standard InChI is InChI=1S/C27H35N5O4/c1-18(2)13-21(26(34)32(6)16-19-14-28-11-12-29-19)31-25(33)20-9-7-8-10-22(20)35-17-24-30-15-23(36-24)27(3,4)5/h7-12,14-15,18,21H,13,16-17H2,1-6H3,(H,31,33)/t21-/m1/s1. The van der Waals surface area contributed by atoms with Gasteiger partial charge in [-0.25, -0.2) is 4.98 Å². The quantitative estimate of drug-likeness (QED) is 0.452. The van der Waals surface area contributed by atoms with Gasteiger partial charge in [0.2, 0.25) is 11.8 Å². The van der Waals surface area contributed by atoms with Crippen molar-refractivity contribution in [1.82, 2.24) is 25.2 Å². The molecule has 1 atom stereocenters. The number of hydrogen-bond donors (Lipinski definition) is 1. The summed E-state index contributed by atoms with van der Waals surface area (Å²) in [6.45, 7) is 10.5. The summed E-state index contributed by atoms with van der Waals surface area (Å²) in [5.74, 6) is 1.17. The molecule has 0 fully saturated rings. The SMILES string of the molecule is CC(C)C[C@@H](NC(=O)c1ccccc1OCc1ncc(C(C)(C)C)o1)C(=O)N(C)Cc1cnccn1. The molecule has 0 spiro atoms. The molecule has 0 aliphatic heterocycles. The van der Waals surface area contributed by atoms with Gasteiger partial charge in [-0.2, -0.15) is 0 Å². The van der Waals surface area contributed by atoms with Gasteiger partial charge in [0, 0.05) is 24.9 Å². The van der Waals surface area contributed by atoms with Crippen LogP contribution in [-0.4, -0.2) is 44.8 Å². The molecule has 36 heavy (non-hydrogen) atoms. The largest absolute Gasteiger partial charge is 0.483 e. The number of rotatable bonds is 10. The number of amides is 2. The minimum Gasteiger partial charge on any atom is -0.483 e. The lowest BCUT2D eigenvalue weighted by Crippen LogP contribution is -2.47. The average molecular weight is 494 g/mol. The topological polar surface area (TPSA) is 110 Å². The van der Waals surface area contributed by atoms with E-state index in [1.165, 1.54) is 0 Å². The van der Waals surface area contributed by atoms with E-state index in [4.69, 9.17) is 9.15 Å². The number of para-hydroxylation sites is 1. The summed E-state index contributed by atoms with van der Waals surface area (Å²) in [7, 11) is 1.69. The van der Waals surface area contributed by atoms with Crippen LogP contribution in [0.2, 0.25) is 0 Å². The molecular formula is C27H35N5O4. The van der Waals surface area contributed by atoms with Gasteiger partial charge in [0.25, 0.3) is 5.91 Å². The molecule has 9 nitrogen and oxygen atoms in total. The van der Waals surface area contributed by atoms with Crippen molar-refractivity contribution in [3.8, 4) is 5.75 Å². The van der Waals surface area contributed by atoms with Crippen molar-refractivity contribution < 1.29 is 18.7 Å². The molecule has 0 radical (unpaired) electrons. The van der Waals surface area contributed by atoms with Crippen molar-refractivity contribution in [2.75, 3.05) is 7.05 Å². The van der Waals surface area contributed by atoms with Gasteiger partial charge in [-0.1, -0.05) is 46.8 Å². The van der Waals surface area contributed by atoms with Crippen LogP contribution in [-0.2, 0) is 23.4 Å². The maximum atomic E-state index is 13.3. The molecule has 2 aromatic heterocycles. The molecule has 0 saturated heterocycles. The van der Waals surface area contributed by atoms with Crippen LogP contribution in [0.1, 0.15) is 68.7 Å². The summed E-state index contributed by atoms with van der Waals surface area (Å²) in [6, 6.07) is 6.22. The van der Waals surface area contributed by atoms with Crippen LogP contribution in [0.5, 0.6) is 5.75 Å². The number of aromatic nitrogens is 3. The second kappa shape index (κ2) is 11.8. The Balaban J connectivity index is 1.71. The second-order valence-electron chi connectivity index (χ2n) is 10.2. The zero-order valence-corrected chi connectivity index (χ0v) is 21.8. The molecule has 1 aromatic carbocycles. The first-order chi connectivity index (χ1) is 17.0. The third kappa shape index (κ3) is 7.37. The number of nitrogens with one attached hydrogen (secondary N) is 1. The summed E-state index contributed by atoms with van der Waals surface area (Å²) in [6.07, 6.45) is 6.96. The van der Waals surface area contributed by atoms with Crippen LogP contribution >= 0.6 is 0 Å². The summed E-state index contributed by atoms with van der Waals surface area (Å²) in [4.78, 5) is 40.6. The molecule has 1 N–H and O–H groups in total. The summed E-state index contributed by atoms with van der Waals surface area (Å²) in [5, 5.41) is 2.91. The van der Waals surface area contributed by atoms with Crippen LogP contribution in [0.15, 0.2) is 53.5 Å². The first kappa shape index (κ1) is 26.8. The first-order valence-corrected chi connectivity index (χ1v) is 12.0. The van der Waals surface area contributed by atoms with E-state index < -0.39 is 6.04 Å². The van der Waals surface area contributed by atoms with Gasteiger partial charge in [0.05, 0.1) is 30.2 Å². The van der Waals surface area contributed by atoms with Crippen molar-refractivity contribution in [3.05, 3.63) is 72.0 Å². The van der Waals surface area contributed by atoms with E-state index in [0.717, 1.165) is 5.76 Å². The van der Waals surface area contributed by atoms with Crippen molar-refractivity contribution in [2.24, 2.45) is 5.92 Å². The van der Waals surface area contributed by atoms with Crippen LogP contribution in [0.25, 0.3) is 0 Å². The molecule has 0 aliphatic rings. The zero-order chi connectivity index (χ0) is 26.3. The highest BCUT2D eigenvalue weighted by molar-refractivity contribution is 5.99. The van der Waals surface area contributed by atoms with Gasteiger partial charge in [-0.15, -0.1) is 0 Å². The molecule has 2 heterocycles. The van der Waals surface area contributed by atoms with E-state index in [9.17, 15) is 9.59 Å². The summed E-state index contributed by atoms with van der Waals surface area (Å²) < 4.78 is 11.7. The zero-order valence-electron chi connectivity index (χ0n) is 21.8. The van der Waals surface area contributed by atoms with Gasteiger partial charge in [0.1, 0.15) is 17.6 Å². The number of ether oxygens (including phenoxy) is 1. The van der Waals surface area contributed by atoms with Gasteiger partial charge in [-0.05, 0) is 24.5 Å². The Morgan fingerprint density at radius 3 is 2.50 bits per heavy atom. The van der Waals surface area contributed by atoms with Gasteiger partial charge in [0.15, 0.2) is 6.61 Å². The van der Waals surface area contributed by atoms with Crippen LogP contribution in [0.4, 0.5) is 0 Å². The molecule has 0 saturated carbocycles. The number of likely N-dealkylation sites (N-methyl/N-ethyl adjacent to an activating group) is 1. The van der Waals surface area contributed by atoms with Crippen LogP contribution in [0.3, 0.4) is 0 Å². The molecule has 0 unspecified atom stereocenters. The lowest BCUT2D eigenvalue weighted by Gasteiger charge is -2.26. The number of nitrogens with zero attached hydrogens (tertiary/aromatic N) is 4. The number of hydrogen-bond acceptors (Lipinski definition) is 7. The molecule has 3 aromatic rings. The van der Waals surface area contributed by atoms with Crippen molar-refractivity contribution in [1.29, 1.82) is 0 Å². The Hall–Kier alpha value is -3.75. The molecule has 2 amide bonds. The molecule has 192 valence electrons. The molecule has 3 rings (SSSR count). The predicted octanol–water partition coefficient (Wildman–Crippen LogP) is 4.14. The highest BCUT2D eigenvalue weighted by Gasteiger charge is 2.27. The molecule has 9 heteroatoms.